The predicted octanol–water partition coefficient (Wildman–Crippen LogP) is -0.359. The van der Waals surface area contributed by atoms with Crippen LogP contribution in [0.1, 0.15) is 6.92 Å². The molecule has 0 aliphatic carbocycles. The summed E-state index contributed by atoms with van der Waals surface area (Å²) >= 11 is 4.12. The topological polar surface area (TPSA) is 26.3 Å². The summed E-state index contributed by atoms with van der Waals surface area (Å²) in [5, 5.41) is 0. The minimum atomic E-state index is -0.300. The molecule has 0 aliphatic rings. The van der Waals surface area contributed by atoms with Crippen molar-refractivity contribution in [3.05, 3.63) is 0 Å². The third-order valence-corrected chi connectivity index (χ3v) is 0.863. The number of carbonyl (C=O) groups is 1. The lowest BCUT2D eigenvalue weighted by molar-refractivity contribution is -0.140. The Kier molecular flexibility index (Phi) is 3.60. The fourth-order valence-corrected chi connectivity index (χ4v) is 0.396. The average molecular weight is 164 g/mol. The van der Waals surface area contributed by atoms with Crippen molar-refractivity contribution in [2.75, 3.05) is 6.61 Å². The lowest BCUT2D eigenvalue weighted by Crippen LogP contribution is -2.21. The summed E-state index contributed by atoms with van der Waals surface area (Å²) in [5.41, 5.74) is 0. The maximum Gasteiger partial charge on any atom is 0.302 e. The molecule has 0 fully saturated rings. The molecule has 0 rings (SSSR count). The lowest BCUT2D eigenvalue weighted by Gasteiger charge is -2.15. The van der Waals surface area contributed by atoms with E-state index >= 15 is 0 Å². The Morgan fingerprint density at radius 2 is 2.44 bits per heavy atom. The first kappa shape index (κ1) is 9.31. The lowest BCUT2D eigenvalue weighted by atomic mass is 10.0. The number of esters is 1. The van der Waals surface area contributed by atoms with Gasteiger partial charge in [-0.1, -0.05) is 0 Å². The van der Waals surface area contributed by atoms with Gasteiger partial charge in [0.2, 0.25) is 0 Å². The van der Waals surface area contributed by atoms with Crippen molar-refractivity contribution in [1.82, 2.24) is 0 Å². The summed E-state index contributed by atoms with van der Waals surface area (Å²) < 4.78 is 4.37. The van der Waals surface area contributed by atoms with E-state index in [9.17, 15) is 4.79 Å². The molecule has 0 saturated carbocycles. The van der Waals surface area contributed by atoms with E-state index in [1.54, 1.807) is 0 Å². The first-order valence-corrected chi connectivity index (χ1v) is 3.59. The summed E-state index contributed by atoms with van der Waals surface area (Å²) in [6, 6.07) is 0. The molecule has 0 amide bonds. The second kappa shape index (κ2) is 3.48. The number of thiol groups is 1. The van der Waals surface area contributed by atoms with Crippen molar-refractivity contribution >= 4 is 35.7 Å². The number of hydrogen-bond donors (Lipinski definition) is 1. The third-order valence-electron chi connectivity index (χ3n) is 0.568. The number of ether oxygens (including phenoxy) is 1. The van der Waals surface area contributed by atoms with Gasteiger partial charge in [0.1, 0.15) is 14.5 Å². The van der Waals surface area contributed by atoms with Gasteiger partial charge < -0.3 is 4.74 Å². The van der Waals surface area contributed by atoms with Crippen LogP contribution in [-0.4, -0.2) is 24.8 Å². The van der Waals surface area contributed by atoms with Crippen LogP contribution in [-0.2, 0) is 9.53 Å². The van der Waals surface area contributed by atoms with Gasteiger partial charge in [0.05, 0.1) is 0 Å². The smallest absolute Gasteiger partial charge is 0.302 e. The monoisotopic (exact) mass is 164 g/mol. The van der Waals surface area contributed by atoms with Crippen molar-refractivity contribution < 1.29 is 9.53 Å². The molecule has 0 spiro atoms. The normalized spacial score (nSPS) is 16.3. The van der Waals surface area contributed by atoms with Gasteiger partial charge in [-0.2, -0.15) is 12.6 Å². The molecule has 0 aliphatic heterocycles. The van der Waals surface area contributed by atoms with Crippen LogP contribution in [0.3, 0.4) is 0 Å². The highest BCUT2D eigenvalue weighted by molar-refractivity contribution is 7.88. The minimum Gasteiger partial charge on any atom is -0.465 e. The zero-order valence-corrected chi connectivity index (χ0v) is 7.60. The second-order valence-corrected chi connectivity index (χ2v) is 4.92. The number of rotatable bonds is 2. The molecule has 0 aromatic carbocycles. The summed E-state index contributed by atoms with van der Waals surface area (Å²) in [6.07, 6.45) is 0. The molecule has 0 aromatic heterocycles. The summed E-state index contributed by atoms with van der Waals surface area (Å²) in [4.78, 5) is 10.2. The Morgan fingerprint density at radius 3 is 2.56 bits per heavy atom. The molecule has 9 heavy (non-hydrogen) atoms. The average Bonchev–Trinajstić information content (AvgIpc) is 1.59. The largest absolute Gasteiger partial charge is 0.465 e. The van der Waals surface area contributed by atoms with Crippen molar-refractivity contribution in [2.24, 2.45) is 0 Å². The van der Waals surface area contributed by atoms with E-state index in [-0.39, 0.29) is 10.4 Å². The van der Waals surface area contributed by atoms with Gasteiger partial charge in [-0.3, -0.25) is 4.79 Å². The standard InChI is InChI=1S/C4H10BO2PS/c1-3(6)7-2-4(5,8)9/h9H,2,5,8H2,1H3. The van der Waals surface area contributed by atoms with Gasteiger partial charge in [-0.05, 0) is 0 Å². The zero-order chi connectivity index (χ0) is 7.49. The fraction of sp³-hybridized carbons (Fsp3) is 0.750. The Bertz CT molecular complexity index is 112. The maximum atomic E-state index is 10.2. The Labute approximate surface area is 63.7 Å². The van der Waals surface area contributed by atoms with Crippen molar-refractivity contribution in [2.45, 2.75) is 11.3 Å². The second-order valence-electron chi connectivity index (χ2n) is 2.14. The molecule has 0 radical (unpaired) electrons. The Morgan fingerprint density at radius 1 is 2.00 bits per heavy atom. The van der Waals surface area contributed by atoms with E-state index in [1.165, 1.54) is 6.92 Å². The predicted molar refractivity (Wildman–Crippen MR) is 46.6 cm³/mol. The molecule has 0 saturated heterocycles. The maximum absolute atomic E-state index is 10.2. The Hall–Kier alpha value is 0.315. The molecular formula is C4H10BO2PS. The molecule has 0 N–H and O–H groups in total. The first-order chi connectivity index (χ1) is 3.92. The molecule has 2 atom stereocenters. The molecule has 52 valence electrons. The molecule has 0 bridgehead atoms. The summed E-state index contributed by atoms with van der Waals surface area (Å²) in [5.74, 6) is -0.266. The van der Waals surface area contributed by atoms with Gasteiger partial charge in [-0.25, -0.2) is 0 Å². The third kappa shape index (κ3) is 8.31. The quantitative estimate of drug-likeness (QED) is 0.261. The van der Waals surface area contributed by atoms with E-state index in [2.05, 4.69) is 26.6 Å². The molecule has 0 aromatic rings. The summed E-state index contributed by atoms with van der Waals surface area (Å²) in [7, 11) is 4.32. The Balaban J connectivity index is 3.39. The van der Waals surface area contributed by atoms with Crippen LogP contribution in [0.4, 0.5) is 0 Å². The number of carbonyl (C=O) groups excluding carboxylic acids is 1. The molecular weight excluding hydrogens is 154 g/mol. The highest BCUT2D eigenvalue weighted by Crippen LogP contribution is 2.17. The van der Waals surface area contributed by atoms with Crippen molar-refractivity contribution in [3.8, 4) is 0 Å². The van der Waals surface area contributed by atoms with E-state index in [4.69, 9.17) is 0 Å². The van der Waals surface area contributed by atoms with E-state index in [0.29, 0.717) is 6.61 Å². The van der Waals surface area contributed by atoms with Gasteiger partial charge in [0.25, 0.3) is 0 Å². The fourth-order valence-electron chi connectivity index (χ4n) is 0.248. The summed E-state index contributed by atoms with van der Waals surface area (Å²) in [6.45, 7) is 1.71. The van der Waals surface area contributed by atoms with Crippen LogP contribution in [0.5, 0.6) is 0 Å². The van der Waals surface area contributed by atoms with E-state index < -0.39 is 0 Å². The van der Waals surface area contributed by atoms with E-state index in [1.807, 2.05) is 7.85 Å². The SMILES string of the molecule is BC(P)(S)COC(C)=O. The molecule has 2 unspecified atom stereocenters. The molecule has 5 heteroatoms. The van der Waals surface area contributed by atoms with Crippen LogP contribution in [0, 0.1) is 0 Å². The van der Waals surface area contributed by atoms with Crippen LogP contribution in [0.15, 0.2) is 0 Å². The van der Waals surface area contributed by atoms with Gasteiger partial charge in [0, 0.05) is 11.3 Å². The van der Waals surface area contributed by atoms with Gasteiger partial charge in [-0.15, -0.1) is 9.24 Å². The molecule has 2 nitrogen and oxygen atoms in total. The number of hydrogen-bond acceptors (Lipinski definition) is 3. The van der Waals surface area contributed by atoms with Gasteiger partial charge in [0.15, 0.2) is 0 Å². The van der Waals surface area contributed by atoms with Gasteiger partial charge >= 0.3 is 5.97 Å². The van der Waals surface area contributed by atoms with Crippen molar-refractivity contribution in [3.63, 3.8) is 0 Å². The highest BCUT2D eigenvalue weighted by Gasteiger charge is 2.12. The molecule has 0 heterocycles. The zero-order valence-electron chi connectivity index (χ0n) is 5.55. The van der Waals surface area contributed by atoms with Crippen molar-refractivity contribution in [1.29, 1.82) is 0 Å². The minimum absolute atomic E-state index is 0.266. The van der Waals surface area contributed by atoms with Crippen LogP contribution in [0.2, 0.25) is 0 Å². The van der Waals surface area contributed by atoms with E-state index in [0.717, 1.165) is 0 Å². The van der Waals surface area contributed by atoms with Crippen LogP contribution >= 0.6 is 21.9 Å². The first-order valence-electron chi connectivity index (χ1n) is 2.56. The highest BCUT2D eigenvalue weighted by atomic mass is 32.1. The van der Waals surface area contributed by atoms with Crippen LogP contribution in [0.25, 0.3) is 0 Å². The van der Waals surface area contributed by atoms with Crippen LogP contribution < -0.4 is 0 Å².